The van der Waals surface area contributed by atoms with E-state index in [0.717, 1.165) is 25.9 Å². The van der Waals surface area contributed by atoms with E-state index in [-0.39, 0.29) is 6.04 Å². The maximum Gasteiger partial charge on any atom is 0.252 e. The number of thiophene rings is 1. The van der Waals surface area contributed by atoms with Gasteiger partial charge in [-0.25, -0.2) is 8.42 Å². The van der Waals surface area contributed by atoms with Crippen LogP contribution >= 0.6 is 11.3 Å². The molecule has 3 heterocycles. The molecule has 1 aromatic rings. The minimum absolute atomic E-state index is 0.181. The summed E-state index contributed by atoms with van der Waals surface area (Å²) in [6, 6.07) is 4.13. The van der Waals surface area contributed by atoms with Crippen LogP contribution in [0, 0.1) is 5.92 Å². The highest BCUT2D eigenvalue weighted by molar-refractivity contribution is 7.91. The van der Waals surface area contributed by atoms with Crippen molar-refractivity contribution in [1.29, 1.82) is 0 Å². The van der Waals surface area contributed by atoms with Gasteiger partial charge in [0, 0.05) is 31.7 Å². The lowest BCUT2D eigenvalue weighted by molar-refractivity contribution is 0.222. The summed E-state index contributed by atoms with van der Waals surface area (Å²) >= 11 is 1.32. The van der Waals surface area contributed by atoms with Crippen LogP contribution in [0.4, 0.5) is 0 Å². The molecule has 2 aliphatic rings. The van der Waals surface area contributed by atoms with Gasteiger partial charge in [-0.05, 0) is 30.2 Å². The largest absolute Gasteiger partial charge is 0.298 e. The molecule has 0 amide bonds. The molecule has 1 aromatic heterocycles. The fourth-order valence-corrected chi connectivity index (χ4v) is 6.37. The molecule has 20 heavy (non-hydrogen) atoms. The van der Waals surface area contributed by atoms with Gasteiger partial charge in [-0.2, -0.15) is 4.31 Å². The lowest BCUT2D eigenvalue weighted by Crippen LogP contribution is -2.40. The third-order valence-corrected chi connectivity index (χ3v) is 7.60. The minimum Gasteiger partial charge on any atom is -0.298 e. The summed E-state index contributed by atoms with van der Waals surface area (Å²) in [6.45, 7) is 7.23. The molecule has 0 saturated carbocycles. The molecule has 6 heteroatoms. The molecule has 0 aliphatic carbocycles. The highest BCUT2D eigenvalue weighted by Crippen LogP contribution is 2.36. The standard InChI is InChI=1S/C14H22N2O2S2/c1-11(2)10-15-7-5-13-12(15)6-8-16(13)20(17,18)14-4-3-9-19-14/h3-4,9,11-13H,5-8,10H2,1-2H3/t12-,13-/m0/s1. The maximum atomic E-state index is 12.7. The lowest BCUT2D eigenvalue weighted by Gasteiger charge is -2.26. The quantitative estimate of drug-likeness (QED) is 0.856. The van der Waals surface area contributed by atoms with E-state index < -0.39 is 10.0 Å². The Morgan fingerprint density at radius 3 is 2.70 bits per heavy atom. The second-order valence-electron chi connectivity index (χ2n) is 6.15. The molecular weight excluding hydrogens is 292 g/mol. The van der Waals surface area contributed by atoms with E-state index in [2.05, 4.69) is 18.7 Å². The molecule has 4 nitrogen and oxygen atoms in total. The highest BCUT2D eigenvalue weighted by atomic mass is 32.2. The first-order valence-corrected chi connectivity index (χ1v) is 9.61. The minimum atomic E-state index is -3.28. The molecule has 2 atom stereocenters. The first kappa shape index (κ1) is 14.5. The lowest BCUT2D eigenvalue weighted by atomic mass is 10.1. The van der Waals surface area contributed by atoms with Gasteiger partial charge < -0.3 is 0 Å². The van der Waals surface area contributed by atoms with Crippen LogP contribution in [0.3, 0.4) is 0 Å². The SMILES string of the molecule is CC(C)CN1CC[C@H]2[C@@H]1CCN2S(=O)(=O)c1cccs1. The maximum absolute atomic E-state index is 12.7. The van der Waals surface area contributed by atoms with Gasteiger partial charge in [0.2, 0.25) is 0 Å². The Kier molecular flexibility index (Phi) is 3.92. The Balaban J connectivity index is 1.79. The second-order valence-corrected chi connectivity index (χ2v) is 9.21. The molecule has 2 fully saturated rings. The van der Waals surface area contributed by atoms with E-state index in [1.807, 2.05) is 11.4 Å². The third kappa shape index (κ3) is 2.43. The third-order valence-electron chi connectivity index (χ3n) is 4.30. The van der Waals surface area contributed by atoms with Gasteiger partial charge in [-0.3, -0.25) is 4.90 Å². The molecule has 0 aromatic carbocycles. The van der Waals surface area contributed by atoms with Crippen molar-refractivity contribution in [2.24, 2.45) is 5.92 Å². The van der Waals surface area contributed by atoms with Gasteiger partial charge in [-0.15, -0.1) is 11.3 Å². The summed E-state index contributed by atoms with van der Waals surface area (Å²) in [7, 11) is -3.28. The molecule has 2 aliphatic heterocycles. The van der Waals surface area contributed by atoms with Gasteiger partial charge in [0.1, 0.15) is 4.21 Å². The van der Waals surface area contributed by atoms with Crippen molar-refractivity contribution >= 4 is 21.4 Å². The van der Waals surface area contributed by atoms with Gasteiger partial charge in [-0.1, -0.05) is 19.9 Å². The van der Waals surface area contributed by atoms with E-state index >= 15 is 0 Å². The molecule has 2 saturated heterocycles. The predicted molar refractivity (Wildman–Crippen MR) is 81.4 cm³/mol. The Hall–Kier alpha value is -0.430. The summed E-state index contributed by atoms with van der Waals surface area (Å²) in [5, 5.41) is 1.83. The van der Waals surface area contributed by atoms with Crippen molar-refractivity contribution in [3.8, 4) is 0 Å². The van der Waals surface area contributed by atoms with Gasteiger partial charge in [0.05, 0.1) is 0 Å². The van der Waals surface area contributed by atoms with Crippen LogP contribution < -0.4 is 0 Å². The van der Waals surface area contributed by atoms with Crippen molar-refractivity contribution < 1.29 is 8.42 Å². The Labute approximate surface area is 125 Å². The molecular formula is C14H22N2O2S2. The van der Waals surface area contributed by atoms with Gasteiger partial charge in [0.25, 0.3) is 10.0 Å². The van der Waals surface area contributed by atoms with E-state index in [4.69, 9.17) is 0 Å². The monoisotopic (exact) mass is 314 g/mol. The van der Waals surface area contributed by atoms with Crippen LogP contribution in [-0.2, 0) is 10.0 Å². The first-order chi connectivity index (χ1) is 9.50. The van der Waals surface area contributed by atoms with E-state index in [0.29, 0.717) is 22.7 Å². The Bertz CT molecular complexity index is 554. The number of hydrogen-bond donors (Lipinski definition) is 0. The number of fused-ring (bicyclic) bond motifs is 1. The Morgan fingerprint density at radius 2 is 2.05 bits per heavy atom. The van der Waals surface area contributed by atoms with Crippen LogP contribution in [0.5, 0.6) is 0 Å². The van der Waals surface area contributed by atoms with E-state index in [1.165, 1.54) is 11.3 Å². The molecule has 112 valence electrons. The number of hydrogen-bond acceptors (Lipinski definition) is 4. The number of nitrogens with zero attached hydrogens (tertiary/aromatic N) is 2. The smallest absolute Gasteiger partial charge is 0.252 e. The summed E-state index contributed by atoms with van der Waals surface area (Å²) in [5.41, 5.74) is 0. The van der Waals surface area contributed by atoms with Crippen molar-refractivity contribution in [2.45, 2.75) is 43.0 Å². The number of likely N-dealkylation sites (tertiary alicyclic amines) is 1. The first-order valence-electron chi connectivity index (χ1n) is 7.29. The molecule has 0 unspecified atom stereocenters. The van der Waals surface area contributed by atoms with Gasteiger partial charge >= 0.3 is 0 Å². The topological polar surface area (TPSA) is 40.6 Å². The van der Waals surface area contributed by atoms with Crippen LogP contribution in [0.25, 0.3) is 0 Å². The summed E-state index contributed by atoms with van der Waals surface area (Å²) in [6.07, 6.45) is 1.95. The normalized spacial score (nSPS) is 28.4. The Morgan fingerprint density at radius 1 is 1.30 bits per heavy atom. The highest BCUT2D eigenvalue weighted by Gasteiger charge is 2.47. The summed E-state index contributed by atoms with van der Waals surface area (Å²) in [4.78, 5) is 2.49. The molecule has 0 radical (unpaired) electrons. The molecule has 0 bridgehead atoms. The molecule has 0 N–H and O–H groups in total. The van der Waals surface area contributed by atoms with Crippen molar-refractivity contribution in [3.63, 3.8) is 0 Å². The molecule has 3 rings (SSSR count). The van der Waals surface area contributed by atoms with E-state index in [9.17, 15) is 8.42 Å². The van der Waals surface area contributed by atoms with Crippen molar-refractivity contribution in [2.75, 3.05) is 19.6 Å². The van der Waals surface area contributed by atoms with Crippen molar-refractivity contribution in [3.05, 3.63) is 17.5 Å². The summed E-state index contributed by atoms with van der Waals surface area (Å²) < 4.78 is 27.6. The van der Waals surface area contributed by atoms with Crippen LogP contribution in [0.15, 0.2) is 21.7 Å². The number of rotatable bonds is 4. The average molecular weight is 314 g/mol. The van der Waals surface area contributed by atoms with Crippen LogP contribution in [0.1, 0.15) is 26.7 Å². The fourth-order valence-electron chi connectivity index (χ4n) is 3.56. The van der Waals surface area contributed by atoms with Gasteiger partial charge in [0.15, 0.2) is 0 Å². The predicted octanol–water partition coefficient (Wildman–Crippen LogP) is 2.24. The van der Waals surface area contributed by atoms with Crippen molar-refractivity contribution in [1.82, 2.24) is 9.21 Å². The molecule has 0 spiro atoms. The number of sulfonamides is 1. The van der Waals surface area contributed by atoms with E-state index in [1.54, 1.807) is 10.4 Å². The zero-order valence-corrected chi connectivity index (χ0v) is 13.7. The fraction of sp³-hybridized carbons (Fsp3) is 0.714. The van der Waals surface area contributed by atoms with Crippen LogP contribution in [0.2, 0.25) is 0 Å². The van der Waals surface area contributed by atoms with Crippen LogP contribution in [-0.4, -0.2) is 49.3 Å². The zero-order valence-electron chi connectivity index (χ0n) is 12.0. The zero-order chi connectivity index (χ0) is 14.3. The summed E-state index contributed by atoms with van der Waals surface area (Å²) in [5.74, 6) is 0.636. The average Bonchev–Trinajstić information content (AvgIpc) is 3.04. The second kappa shape index (κ2) is 5.40.